The van der Waals surface area contributed by atoms with Gasteiger partial charge in [-0.25, -0.2) is 4.98 Å². The van der Waals surface area contributed by atoms with Crippen molar-refractivity contribution in [3.63, 3.8) is 0 Å². The van der Waals surface area contributed by atoms with Gasteiger partial charge in [-0.3, -0.25) is 0 Å². The summed E-state index contributed by atoms with van der Waals surface area (Å²) in [6, 6.07) is 3.25. The van der Waals surface area contributed by atoms with Gasteiger partial charge in [-0.2, -0.15) is 0 Å². The van der Waals surface area contributed by atoms with E-state index in [9.17, 15) is 0 Å². The van der Waals surface area contributed by atoms with Crippen LogP contribution in [-0.4, -0.2) is 23.6 Å². The third kappa shape index (κ3) is 4.58. The van der Waals surface area contributed by atoms with E-state index in [2.05, 4.69) is 42.0 Å². The Morgan fingerprint density at radius 2 is 2.19 bits per heavy atom. The van der Waals surface area contributed by atoms with Crippen LogP contribution >= 0.6 is 11.6 Å². The Labute approximate surface area is 134 Å². The van der Waals surface area contributed by atoms with Crippen LogP contribution in [0.3, 0.4) is 0 Å². The molecule has 0 aromatic carbocycles. The molecule has 2 heterocycles. The first-order valence-corrected chi connectivity index (χ1v) is 8.64. The summed E-state index contributed by atoms with van der Waals surface area (Å²) < 4.78 is 0. The zero-order valence-electron chi connectivity index (χ0n) is 13.5. The van der Waals surface area contributed by atoms with E-state index in [1.54, 1.807) is 0 Å². The SMILES string of the molecule is CCC1CCCCCN1c1cc(CNC(C)C)c(Cl)cn1. The molecule has 4 heteroatoms. The van der Waals surface area contributed by atoms with E-state index < -0.39 is 0 Å². The van der Waals surface area contributed by atoms with Gasteiger partial charge in [0.05, 0.1) is 5.02 Å². The number of hydrogen-bond donors (Lipinski definition) is 1. The van der Waals surface area contributed by atoms with Crippen molar-refractivity contribution in [3.05, 3.63) is 22.8 Å². The van der Waals surface area contributed by atoms with E-state index in [1.165, 1.54) is 32.1 Å². The third-order valence-electron chi connectivity index (χ3n) is 4.26. The fourth-order valence-corrected chi connectivity index (χ4v) is 3.15. The second kappa shape index (κ2) is 8.00. The van der Waals surface area contributed by atoms with Crippen molar-refractivity contribution >= 4 is 17.4 Å². The molecular formula is C17H28ClN3. The lowest BCUT2D eigenvalue weighted by Gasteiger charge is -2.30. The fourth-order valence-electron chi connectivity index (χ4n) is 2.98. The number of aromatic nitrogens is 1. The number of hydrogen-bond acceptors (Lipinski definition) is 3. The highest BCUT2D eigenvalue weighted by Gasteiger charge is 2.21. The summed E-state index contributed by atoms with van der Waals surface area (Å²) in [5.74, 6) is 1.09. The predicted molar refractivity (Wildman–Crippen MR) is 91.1 cm³/mol. The van der Waals surface area contributed by atoms with E-state index in [0.29, 0.717) is 12.1 Å². The molecule has 1 N–H and O–H groups in total. The molecule has 0 spiro atoms. The topological polar surface area (TPSA) is 28.2 Å². The molecule has 1 aromatic rings. The van der Waals surface area contributed by atoms with Gasteiger partial charge in [0.2, 0.25) is 0 Å². The molecule has 0 aliphatic carbocycles. The van der Waals surface area contributed by atoms with Crippen molar-refractivity contribution in [2.75, 3.05) is 11.4 Å². The second-order valence-corrected chi connectivity index (χ2v) is 6.68. The maximum absolute atomic E-state index is 6.30. The van der Waals surface area contributed by atoms with Crippen molar-refractivity contribution < 1.29 is 0 Å². The maximum Gasteiger partial charge on any atom is 0.129 e. The van der Waals surface area contributed by atoms with Crippen molar-refractivity contribution in [1.82, 2.24) is 10.3 Å². The molecule has 1 aromatic heterocycles. The van der Waals surface area contributed by atoms with Crippen LogP contribution in [0, 0.1) is 0 Å². The molecule has 0 radical (unpaired) electrons. The number of pyridine rings is 1. The highest BCUT2D eigenvalue weighted by atomic mass is 35.5. The standard InChI is InChI=1S/C17H28ClN3/c1-4-15-8-6-5-7-9-21(15)17-10-14(11-19-13(2)3)16(18)12-20-17/h10,12-13,15,19H,4-9,11H2,1-3H3. The number of halogens is 1. The average Bonchev–Trinajstić information content (AvgIpc) is 2.71. The number of anilines is 1. The van der Waals surface area contributed by atoms with E-state index in [-0.39, 0.29) is 0 Å². The van der Waals surface area contributed by atoms with Gasteiger partial charge in [-0.15, -0.1) is 0 Å². The molecule has 0 amide bonds. The summed E-state index contributed by atoms with van der Waals surface area (Å²) in [5, 5.41) is 4.20. The molecule has 2 rings (SSSR count). The zero-order chi connectivity index (χ0) is 15.2. The van der Waals surface area contributed by atoms with E-state index >= 15 is 0 Å². The van der Waals surface area contributed by atoms with Crippen LogP contribution < -0.4 is 10.2 Å². The first kappa shape index (κ1) is 16.6. The molecule has 3 nitrogen and oxygen atoms in total. The van der Waals surface area contributed by atoms with Crippen LogP contribution in [0.15, 0.2) is 12.3 Å². The number of rotatable bonds is 5. The van der Waals surface area contributed by atoms with Gasteiger partial charge in [-0.1, -0.05) is 45.2 Å². The van der Waals surface area contributed by atoms with Gasteiger partial charge in [0.1, 0.15) is 5.82 Å². The molecule has 21 heavy (non-hydrogen) atoms. The minimum absolute atomic E-state index is 0.458. The zero-order valence-corrected chi connectivity index (χ0v) is 14.3. The Balaban J connectivity index is 2.19. The number of nitrogens with one attached hydrogen (secondary N) is 1. The lowest BCUT2D eigenvalue weighted by Crippen LogP contribution is -2.35. The lowest BCUT2D eigenvalue weighted by atomic mass is 10.1. The minimum atomic E-state index is 0.458. The van der Waals surface area contributed by atoms with Crippen LogP contribution in [0.4, 0.5) is 5.82 Å². The van der Waals surface area contributed by atoms with Crippen molar-refractivity contribution in [2.24, 2.45) is 0 Å². The van der Waals surface area contributed by atoms with Gasteiger partial charge in [0.25, 0.3) is 0 Å². The molecular weight excluding hydrogens is 282 g/mol. The number of nitrogens with zero attached hydrogens (tertiary/aromatic N) is 2. The van der Waals surface area contributed by atoms with Gasteiger partial charge in [0.15, 0.2) is 0 Å². The second-order valence-electron chi connectivity index (χ2n) is 6.27. The summed E-state index contributed by atoms with van der Waals surface area (Å²) in [6.45, 7) is 8.50. The molecule has 0 bridgehead atoms. The summed E-state index contributed by atoms with van der Waals surface area (Å²) >= 11 is 6.30. The van der Waals surface area contributed by atoms with E-state index in [0.717, 1.165) is 29.5 Å². The molecule has 1 unspecified atom stereocenters. The Bertz CT molecular complexity index is 448. The third-order valence-corrected chi connectivity index (χ3v) is 4.60. The highest BCUT2D eigenvalue weighted by Crippen LogP contribution is 2.27. The first-order valence-electron chi connectivity index (χ1n) is 8.26. The van der Waals surface area contributed by atoms with Crippen LogP contribution in [-0.2, 0) is 6.54 Å². The molecule has 118 valence electrons. The molecule has 1 aliphatic heterocycles. The predicted octanol–water partition coefficient (Wildman–Crippen LogP) is 4.39. The van der Waals surface area contributed by atoms with E-state index in [4.69, 9.17) is 11.6 Å². The Morgan fingerprint density at radius 1 is 1.38 bits per heavy atom. The lowest BCUT2D eigenvalue weighted by molar-refractivity contribution is 0.551. The molecule has 1 aliphatic rings. The molecule has 1 saturated heterocycles. The van der Waals surface area contributed by atoms with Crippen LogP contribution in [0.1, 0.15) is 58.4 Å². The van der Waals surface area contributed by atoms with Crippen LogP contribution in [0.2, 0.25) is 5.02 Å². The smallest absolute Gasteiger partial charge is 0.129 e. The minimum Gasteiger partial charge on any atom is -0.354 e. The quantitative estimate of drug-likeness (QED) is 0.874. The first-order chi connectivity index (χ1) is 10.1. The van der Waals surface area contributed by atoms with Gasteiger partial charge >= 0.3 is 0 Å². The summed E-state index contributed by atoms with van der Waals surface area (Å²) in [5.41, 5.74) is 1.15. The summed E-state index contributed by atoms with van der Waals surface area (Å²) in [7, 11) is 0. The van der Waals surface area contributed by atoms with Gasteiger partial charge in [0, 0.05) is 31.4 Å². The van der Waals surface area contributed by atoms with Crippen molar-refractivity contribution in [3.8, 4) is 0 Å². The Kier molecular flexibility index (Phi) is 6.31. The van der Waals surface area contributed by atoms with Crippen molar-refractivity contribution in [1.29, 1.82) is 0 Å². The summed E-state index contributed by atoms with van der Waals surface area (Å²) in [6.07, 6.45) is 8.21. The normalized spacial score (nSPS) is 19.9. The largest absolute Gasteiger partial charge is 0.354 e. The van der Waals surface area contributed by atoms with Crippen molar-refractivity contribution in [2.45, 2.75) is 71.5 Å². The van der Waals surface area contributed by atoms with Crippen LogP contribution in [0.25, 0.3) is 0 Å². The highest BCUT2D eigenvalue weighted by molar-refractivity contribution is 6.31. The van der Waals surface area contributed by atoms with Gasteiger partial charge < -0.3 is 10.2 Å². The fraction of sp³-hybridized carbons (Fsp3) is 0.706. The Morgan fingerprint density at radius 3 is 2.90 bits per heavy atom. The average molecular weight is 310 g/mol. The van der Waals surface area contributed by atoms with Gasteiger partial charge in [-0.05, 0) is 30.9 Å². The monoisotopic (exact) mass is 309 g/mol. The molecule has 1 fully saturated rings. The maximum atomic E-state index is 6.30. The van der Waals surface area contributed by atoms with Crippen LogP contribution in [0.5, 0.6) is 0 Å². The molecule has 0 saturated carbocycles. The van der Waals surface area contributed by atoms with E-state index in [1.807, 2.05) is 6.20 Å². The summed E-state index contributed by atoms with van der Waals surface area (Å²) in [4.78, 5) is 7.08. The molecule has 1 atom stereocenters. The Hall–Kier alpha value is -0.800.